The smallest absolute Gasteiger partial charge is 0.258 e. The highest BCUT2D eigenvalue weighted by Crippen LogP contribution is 2.22. The van der Waals surface area contributed by atoms with Gasteiger partial charge in [-0.1, -0.05) is 26.8 Å². The maximum Gasteiger partial charge on any atom is 0.258 e. The number of rotatable bonds is 7. The minimum Gasteiger partial charge on any atom is -0.392 e. The van der Waals surface area contributed by atoms with Crippen LogP contribution in [0.5, 0.6) is 0 Å². The van der Waals surface area contributed by atoms with Crippen LogP contribution in [0.25, 0.3) is 0 Å². The Labute approximate surface area is 115 Å². The number of hydrogen-bond acceptors (Lipinski definition) is 4. The van der Waals surface area contributed by atoms with Crippen molar-refractivity contribution in [3.63, 3.8) is 0 Å². The third-order valence-electron chi connectivity index (χ3n) is 3.64. The van der Waals surface area contributed by atoms with Gasteiger partial charge in [0.15, 0.2) is 5.03 Å². The van der Waals surface area contributed by atoms with Gasteiger partial charge in [-0.25, -0.2) is 18.1 Å². The second-order valence-electron chi connectivity index (χ2n) is 4.61. The van der Waals surface area contributed by atoms with Crippen molar-refractivity contribution in [3.8, 4) is 0 Å². The molecule has 0 fully saturated rings. The molecule has 0 saturated heterocycles. The lowest BCUT2D eigenvalue weighted by atomic mass is 9.91. The Morgan fingerprint density at radius 2 is 1.79 bits per heavy atom. The number of nitrogens with one attached hydrogen (secondary N) is 1. The molecule has 6 heteroatoms. The summed E-state index contributed by atoms with van der Waals surface area (Å²) in [7, 11) is -3.62. The van der Waals surface area contributed by atoms with Gasteiger partial charge in [0.05, 0.1) is 6.61 Å². The van der Waals surface area contributed by atoms with Gasteiger partial charge in [0.25, 0.3) is 10.0 Å². The van der Waals surface area contributed by atoms with Crippen LogP contribution in [0.4, 0.5) is 0 Å². The van der Waals surface area contributed by atoms with Crippen LogP contribution < -0.4 is 4.72 Å². The highest BCUT2D eigenvalue weighted by atomic mass is 32.2. The van der Waals surface area contributed by atoms with Gasteiger partial charge in [-0.3, -0.25) is 0 Å². The summed E-state index contributed by atoms with van der Waals surface area (Å²) in [6, 6.07) is 2.98. The maximum atomic E-state index is 12.3. The third kappa shape index (κ3) is 3.75. The van der Waals surface area contributed by atoms with E-state index in [4.69, 9.17) is 5.11 Å². The van der Waals surface area contributed by atoms with Crippen LogP contribution in [0.15, 0.2) is 23.4 Å². The van der Waals surface area contributed by atoms with Crippen LogP contribution in [0.2, 0.25) is 0 Å². The van der Waals surface area contributed by atoms with Crippen LogP contribution in [0, 0.1) is 0 Å². The third-order valence-corrected chi connectivity index (χ3v) is 5.13. The molecule has 0 spiro atoms. The molecule has 5 nitrogen and oxygen atoms in total. The standard InChI is InChI=1S/C13H22N2O3S/c1-4-13(5-2,6-3)15-19(17,18)12-8-7-11(10-16)9-14-12/h7-9,15-16H,4-6,10H2,1-3H3. The van der Waals surface area contributed by atoms with Crippen LogP contribution >= 0.6 is 0 Å². The van der Waals surface area contributed by atoms with Gasteiger partial charge in [0.1, 0.15) is 0 Å². The molecule has 0 unspecified atom stereocenters. The maximum absolute atomic E-state index is 12.3. The number of sulfonamides is 1. The van der Waals surface area contributed by atoms with Gasteiger partial charge < -0.3 is 5.11 Å². The fraction of sp³-hybridized carbons (Fsp3) is 0.615. The van der Waals surface area contributed by atoms with Crippen molar-refractivity contribution in [1.29, 1.82) is 0 Å². The van der Waals surface area contributed by atoms with E-state index >= 15 is 0 Å². The van der Waals surface area contributed by atoms with Crippen LogP contribution in [-0.4, -0.2) is 24.0 Å². The first-order valence-corrected chi connectivity index (χ1v) is 8.01. The first-order valence-electron chi connectivity index (χ1n) is 6.52. The molecule has 1 rings (SSSR count). The number of aliphatic hydroxyl groups excluding tert-OH is 1. The van der Waals surface area contributed by atoms with Gasteiger partial charge in [-0.15, -0.1) is 0 Å². The van der Waals surface area contributed by atoms with Gasteiger partial charge in [-0.2, -0.15) is 0 Å². The molecule has 0 saturated carbocycles. The molecule has 1 aromatic heterocycles. The predicted octanol–water partition coefficient (Wildman–Crippen LogP) is 1.82. The fourth-order valence-corrected chi connectivity index (χ4v) is 3.51. The van der Waals surface area contributed by atoms with Gasteiger partial charge in [-0.05, 0) is 30.9 Å². The Balaban J connectivity index is 3.03. The van der Waals surface area contributed by atoms with E-state index in [1.54, 1.807) is 6.07 Å². The number of aromatic nitrogens is 1. The largest absolute Gasteiger partial charge is 0.392 e. The lowest BCUT2D eigenvalue weighted by Gasteiger charge is -2.31. The molecule has 0 bridgehead atoms. The quantitative estimate of drug-likeness (QED) is 0.801. The zero-order valence-corrected chi connectivity index (χ0v) is 12.5. The van der Waals surface area contributed by atoms with Crippen molar-refractivity contribution in [2.75, 3.05) is 0 Å². The zero-order valence-electron chi connectivity index (χ0n) is 11.7. The molecule has 0 aliphatic carbocycles. The molecule has 108 valence electrons. The Bertz CT molecular complexity index is 485. The van der Waals surface area contributed by atoms with Crippen molar-refractivity contribution >= 4 is 10.0 Å². The monoisotopic (exact) mass is 286 g/mol. The minimum absolute atomic E-state index is 0.00979. The fourth-order valence-electron chi connectivity index (χ4n) is 1.97. The van der Waals surface area contributed by atoms with Gasteiger partial charge in [0.2, 0.25) is 0 Å². The first-order chi connectivity index (χ1) is 8.93. The molecule has 1 heterocycles. The van der Waals surface area contributed by atoms with Crippen molar-refractivity contribution in [1.82, 2.24) is 9.71 Å². The van der Waals surface area contributed by atoms with E-state index in [2.05, 4.69) is 9.71 Å². The summed E-state index contributed by atoms with van der Waals surface area (Å²) in [4.78, 5) is 3.90. The van der Waals surface area contributed by atoms with Crippen molar-refractivity contribution in [3.05, 3.63) is 23.9 Å². The molecule has 0 aliphatic heterocycles. The number of aliphatic hydroxyl groups is 1. The predicted molar refractivity (Wildman–Crippen MR) is 74.1 cm³/mol. The Morgan fingerprint density at radius 1 is 1.21 bits per heavy atom. The second-order valence-corrected chi connectivity index (χ2v) is 6.24. The SMILES string of the molecule is CCC(CC)(CC)NS(=O)(=O)c1ccc(CO)cn1. The molecule has 1 aromatic rings. The van der Waals surface area contributed by atoms with E-state index < -0.39 is 15.6 Å². The van der Waals surface area contributed by atoms with E-state index in [1.165, 1.54) is 12.3 Å². The molecule has 0 radical (unpaired) electrons. The van der Waals surface area contributed by atoms with Crippen LogP contribution in [0.3, 0.4) is 0 Å². The Morgan fingerprint density at radius 3 is 2.16 bits per heavy atom. The van der Waals surface area contributed by atoms with Crippen molar-refractivity contribution in [2.45, 2.75) is 57.2 Å². The number of hydrogen-bond donors (Lipinski definition) is 2. The summed E-state index contributed by atoms with van der Waals surface area (Å²) in [6.45, 7) is 5.76. The summed E-state index contributed by atoms with van der Waals surface area (Å²) in [5.41, 5.74) is 0.169. The van der Waals surface area contributed by atoms with E-state index in [-0.39, 0.29) is 11.6 Å². The summed E-state index contributed by atoms with van der Waals surface area (Å²) >= 11 is 0. The zero-order chi connectivity index (χ0) is 14.5. The average Bonchev–Trinajstić information content (AvgIpc) is 2.45. The summed E-state index contributed by atoms with van der Waals surface area (Å²) < 4.78 is 27.3. The summed E-state index contributed by atoms with van der Waals surface area (Å²) in [5, 5.41) is 8.92. The molecule has 0 aliphatic rings. The van der Waals surface area contributed by atoms with Crippen LogP contribution in [-0.2, 0) is 16.6 Å². The molecule has 0 atom stereocenters. The lowest BCUT2D eigenvalue weighted by Crippen LogP contribution is -2.47. The number of pyridine rings is 1. The highest BCUT2D eigenvalue weighted by Gasteiger charge is 2.30. The molecule has 0 aromatic carbocycles. The molecular weight excluding hydrogens is 264 g/mol. The average molecular weight is 286 g/mol. The molecule has 19 heavy (non-hydrogen) atoms. The highest BCUT2D eigenvalue weighted by molar-refractivity contribution is 7.89. The Kier molecular flexibility index (Phi) is 5.46. The molecular formula is C13H22N2O3S. The van der Waals surface area contributed by atoms with E-state index in [0.717, 1.165) is 19.3 Å². The lowest BCUT2D eigenvalue weighted by molar-refractivity contribution is 0.281. The van der Waals surface area contributed by atoms with Gasteiger partial charge >= 0.3 is 0 Å². The molecule has 0 amide bonds. The summed E-state index contributed by atoms with van der Waals surface area (Å²) in [5.74, 6) is 0. The first kappa shape index (κ1) is 16.1. The van der Waals surface area contributed by atoms with Crippen molar-refractivity contribution < 1.29 is 13.5 Å². The van der Waals surface area contributed by atoms with Crippen molar-refractivity contribution in [2.24, 2.45) is 0 Å². The molecule has 2 N–H and O–H groups in total. The topological polar surface area (TPSA) is 79.3 Å². The minimum atomic E-state index is -3.62. The van der Waals surface area contributed by atoms with E-state index in [1.807, 2.05) is 20.8 Å². The van der Waals surface area contributed by atoms with Gasteiger partial charge in [0, 0.05) is 11.7 Å². The normalized spacial score (nSPS) is 12.6. The number of nitrogens with zero attached hydrogens (tertiary/aromatic N) is 1. The van der Waals surface area contributed by atoms with E-state index in [9.17, 15) is 8.42 Å². The van der Waals surface area contributed by atoms with E-state index in [0.29, 0.717) is 5.56 Å². The van der Waals surface area contributed by atoms with Crippen LogP contribution in [0.1, 0.15) is 45.6 Å². The second kappa shape index (κ2) is 6.45. The Hall–Kier alpha value is -0.980. The summed E-state index contributed by atoms with van der Waals surface area (Å²) in [6.07, 6.45) is 3.57.